The monoisotopic (exact) mass is 269 g/mol. The number of aromatic nitrogens is 1. The van der Waals surface area contributed by atoms with Crippen LogP contribution in [0.4, 0.5) is 5.13 Å². The molecule has 2 heterocycles. The maximum absolute atomic E-state index is 10.9. The molecule has 1 atom stereocenters. The number of rotatable bonds is 4. The molecule has 1 saturated heterocycles. The van der Waals surface area contributed by atoms with Crippen molar-refractivity contribution in [1.29, 1.82) is 0 Å². The Morgan fingerprint density at radius 3 is 2.67 bits per heavy atom. The maximum Gasteiger partial charge on any atom is 0.320 e. The molecule has 0 saturated carbocycles. The summed E-state index contributed by atoms with van der Waals surface area (Å²) in [6, 6.07) is -0.394. The van der Waals surface area contributed by atoms with Gasteiger partial charge in [-0.2, -0.15) is 0 Å². The van der Waals surface area contributed by atoms with Gasteiger partial charge in [-0.3, -0.25) is 9.69 Å². The van der Waals surface area contributed by atoms with Gasteiger partial charge in [-0.25, -0.2) is 4.98 Å². The first-order valence-electron chi connectivity index (χ1n) is 6.28. The second kappa shape index (κ2) is 5.67. The number of carboxylic acids is 1. The van der Waals surface area contributed by atoms with Crippen LogP contribution in [0.2, 0.25) is 0 Å². The summed E-state index contributed by atoms with van der Waals surface area (Å²) in [7, 11) is 0. The van der Waals surface area contributed by atoms with E-state index in [9.17, 15) is 4.79 Å². The van der Waals surface area contributed by atoms with E-state index in [4.69, 9.17) is 5.11 Å². The summed E-state index contributed by atoms with van der Waals surface area (Å²) >= 11 is 1.74. The van der Waals surface area contributed by atoms with Crippen LogP contribution in [0.15, 0.2) is 6.20 Å². The third kappa shape index (κ3) is 2.81. The number of thiazole rings is 1. The minimum Gasteiger partial charge on any atom is -0.480 e. The normalized spacial score (nSPS) is 18.9. The standard InChI is InChI=1S/C12H19N3O2S/c1-3-10-8-13-12(18-10)15-6-4-14(5-7-15)9(2)11(16)17/h8-9H,3-7H2,1-2H3,(H,16,17). The van der Waals surface area contributed by atoms with Crippen LogP contribution in [0.25, 0.3) is 0 Å². The van der Waals surface area contributed by atoms with E-state index in [1.165, 1.54) is 4.88 Å². The molecular formula is C12H19N3O2S. The molecule has 0 aliphatic carbocycles. The van der Waals surface area contributed by atoms with E-state index >= 15 is 0 Å². The lowest BCUT2D eigenvalue weighted by molar-refractivity contribution is -0.142. The van der Waals surface area contributed by atoms with Crippen molar-refractivity contribution in [1.82, 2.24) is 9.88 Å². The number of hydrogen-bond donors (Lipinski definition) is 1. The summed E-state index contributed by atoms with van der Waals surface area (Å²) in [5.41, 5.74) is 0. The Labute approximate surface area is 111 Å². The molecule has 100 valence electrons. The van der Waals surface area contributed by atoms with Crippen LogP contribution in [0.3, 0.4) is 0 Å². The van der Waals surface area contributed by atoms with E-state index in [-0.39, 0.29) is 0 Å². The van der Waals surface area contributed by atoms with Crippen molar-refractivity contribution in [2.75, 3.05) is 31.1 Å². The first-order valence-corrected chi connectivity index (χ1v) is 7.10. The minimum atomic E-state index is -0.744. The Morgan fingerprint density at radius 2 is 2.17 bits per heavy atom. The molecule has 0 amide bonds. The zero-order valence-electron chi connectivity index (χ0n) is 10.8. The number of nitrogens with zero attached hydrogens (tertiary/aromatic N) is 3. The number of aliphatic carboxylic acids is 1. The molecule has 0 aromatic carbocycles. The lowest BCUT2D eigenvalue weighted by Crippen LogP contribution is -2.51. The van der Waals surface area contributed by atoms with Gasteiger partial charge in [0.2, 0.25) is 0 Å². The summed E-state index contributed by atoms with van der Waals surface area (Å²) in [6.45, 7) is 7.16. The van der Waals surface area contributed by atoms with Crippen LogP contribution >= 0.6 is 11.3 Å². The van der Waals surface area contributed by atoms with Crippen LogP contribution in [-0.2, 0) is 11.2 Å². The van der Waals surface area contributed by atoms with E-state index in [2.05, 4.69) is 16.8 Å². The molecular weight excluding hydrogens is 250 g/mol. The molecule has 0 bridgehead atoms. The molecule has 5 nitrogen and oxygen atoms in total. The summed E-state index contributed by atoms with van der Waals surface area (Å²) in [4.78, 5) is 20.9. The zero-order chi connectivity index (χ0) is 13.1. The smallest absolute Gasteiger partial charge is 0.320 e. The molecule has 18 heavy (non-hydrogen) atoms. The van der Waals surface area contributed by atoms with Crippen molar-refractivity contribution >= 4 is 22.4 Å². The molecule has 1 aliphatic heterocycles. The number of piperazine rings is 1. The van der Waals surface area contributed by atoms with Gasteiger partial charge in [-0.05, 0) is 13.3 Å². The van der Waals surface area contributed by atoms with Crippen LogP contribution in [0.1, 0.15) is 18.7 Å². The van der Waals surface area contributed by atoms with Gasteiger partial charge >= 0.3 is 5.97 Å². The molecule has 2 rings (SSSR count). The average molecular weight is 269 g/mol. The molecule has 1 N–H and O–H groups in total. The lowest BCUT2D eigenvalue weighted by Gasteiger charge is -2.36. The van der Waals surface area contributed by atoms with Crippen LogP contribution in [0, 0.1) is 0 Å². The largest absolute Gasteiger partial charge is 0.480 e. The summed E-state index contributed by atoms with van der Waals surface area (Å²) in [5, 5.41) is 10.1. The highest BCUT2D eigenvalue weighted by atomic mass is 32.1. The highest BCUT2D eigenvalue weighted by Gasteiger charge is 2.26. The molecule has 1 aromatic heterocycles. The molecule has 1 fully saturated rings. The number of hydrogen-bond acceptors (Lipinski definition) is 5. The summed E-state index contributed by atoms with van der Waals surface area (Å²) < 4.78 is 0. The maximum atomic E-state index is 10.9. The Hall–Kier alpha value is -1.14. The number of anilines is 1. The first-order chi connectivity index (χ1) is 8.61. The van der Waals surface area contributed by atoms with E-state index in [0.29, 0.717) is 0 Å². The van der Waals surface area contributed by atoms with Crippen molar-refractivity contribution in [2.24, 2.45) is 0 Å². The van der Waals surface area contributed by atoms with Gasteiger partial charge in [-0.15, -0.1) is 11.3 Å². The van der Waals surface area contributed by atoms with Gasteiger partial charge in [0.25, 0.3) is 0 Å². The van der Waals surface area contributed by atoms with Gasteiger partial charge in [0.1, 0.15) is 6.04 Å². The highest BCUT2D eigenvalue weighted by Crippen LogP contribution is 2.24. The fourth-order valence-electron chi connectivity index (χ4n) is 2.06. The molecule has 1 aliphatic rings. The lowest BCUT2D eigenvalue weighted by atomic mass is 10.2. The van der Waals surface area contributed by atoms with Crippen molar-refractivity contribution in [2.45, 2.75) is 26.3 Å². The van der Waals surface area contributed by atoms with E-state index < -0.39 is 12.0 Å². The van der Waals surface area contributed by atoms with E-state index in [0.717, 1.165) is 37.7 Å². The molecule has 0 spiro atoms. The quantitative estimate of drug-likeness (QED) is 0.893. The Morgan fingerprint density at radius 1 is 1.50 bits per heavy atom. The predicted octanol–water partition coefficient (Wildman–Crippen LogP) is 1.30. The molecule has 1 aromatic rings. The first kappa shape index (κ1) is 13.3. The second-order valence-electron chi connectivity index (χ2n) is 4.50. The third-order valence-electron chi connectivity index (χ3n) is 3.38. The van der Waals surface area contributed by atoms with Crippen molar-refractivity contribution in [3.05, 3.63) is 11.1 Å². The van der Waals surface area contributed by atoms with Crippen LogP contribution < -0.4 is 4.90 Å². The topological polar surface area (TPSA) is 56.7 Å². The van der Waals surface area contributed by atoms with E-state index in [1.54, 1.807) is 18.3 Å². The summed E-state index contributed by atoms with van der Waals surface area (Å²) in [6.07, 6.45) is 2.96. The molecule has 1 unspecified atom stereocenters. The third-order valence-corrected chi connectivity index (χ3v) is 4.58. The van der Waals surface area contributed by atoms with E-state index in [1.807, 2.05) is 11.1 Å². The van der Waals surface area contributed by atoms with Gasteiger partial charge < -0.3 is 10.0 Å². The highest BCUT2D eigenvalue weighted by molar-refractivity contribution is 7.15. The van der Waals surface area contributed by atoms with Crippen LogP contribution in [-0.4, -0.2) is 53.2 Å². The van der Waals surface area contributed by atoms with Gasteiger partial charge in [-0.1, -0.05) is 6.92 Å². The van der Waals surface area contributed by atoms with Gasteiger partial charge in [0, 0.05) is 37.3 Å². The fraction of sp³-hybridized carbons (Fsp3) is 0.667. The SMILES string of the molecule is CCc1cnc(N2CCN(C(C)C(=O)O)CC2)s1. The fourth-order valence-corrected chi connectivity index (χ4v) is 2.96. The Bertz CT molecular complexity index is 413. The van der Waals surface area contributed by atoms with Gasteiger partial charge in [0.05, 0.1) is 0 Å². The predicted molar refractivity (Wildman–Crippen MR) is 72.4 cm³/mol. The zero-order valence-corrected chi connectivity index (χ0v) is 11.6. The number of carbonyl (C=O) groups is 1. The Balaban J connectivity index is 1.92. The number of aryl methyl sites for hydroxylation is 1. The molecule has 0 radical (unpaired) electrons. The molecule has 6 heteroatoms. The van der Waals surface area contributed by atoms with Crippen molar-refractivity contribution < 1.29 is 9.90 Å². The average Bonchev–Trinajstić information content (AvgIpc) is 2.86. The summed E-state index contributed by atoms with van der Waals surface area (Å²) in [5.74, 6) is -0.744. The number of carboxylic acid groups (broad SMARTS) is 1. The Kier molecular flexibility index (Phi) is 4.19. The van der Waals surface area contributed by atoms with Crippen LogP contribution in [0.5, 0.6) is 0 Å². The minimum absolute atomic E-state index is 0.394. The second-order valence-corrected chi connectivity index (χ2v) is 5.59. The van der Waals surface area contributed by atoms with Crippen molar-refractivity contribution in [3.8, 4) is 0 Å². The van der Waals surface area contributed by atoms with Gasteiger partial charge in [0.15, 0.2) is 5.13 Å². The van der Waals surface area contributed by atoms with Crippen molar-refractivity contribution in [3.63, 3.8) is 0 Å².